The molecule has 0 aliphatic carbocycles. The van der Waals surface area contributed by atoms with E-state index in [0.29, 0.717) is 16.5 Å². The second kappa shape index (κ2) is 5.67. The Kier molecular flexibility index (Phi) is 3.97. The minimum Gasteiger partial charge on any atom is -0.495 e. The number of ether oxygens (including phenoxy) is 1. The molecular formula is C13H10ClFN2O2. The van der Waals surface area contributed by atoms with Gasteiger partial charge in [0.1, 0.15) is 5.75 Å². The summed E-state index contributed by atoms with van der Waals surface area (Å²) >= 11 is 5.94. The number of carbonyl (C=O) groups excluding carboxylic acids is 1. The van der Waals surface area contributed by atoms with Crippen molar-refractivity contribution in [1.82, 2.24) is 4.98 Å². The molecule has 0 aliphatic heterocycles. The molecule has 0 bridgehead atoms. The Hall–Kier alpha value is -2.14. The van der Waals surface area contributed by atoms with Gasteiger partial charge >= 0.3 is 0 Å². The van der Waals surface area contributed by atoms with Crippen LogP contribution in [0.4, 0.5) is 10.1 Å². The summed E-state index contributed by atoms with van der Waals surface area (Å²) in [5.74, 6) is -0.641. The maximum Gasteiger partial charge on any atom is 0.255 e. The SMILES string of the molecule is COc1ccc(NC(=O)c2ccnc(F)c2)cc1Cl. The first-order valence-electron chi connectivity index (χ1n) is 5.36. The third-order valence-corrected chi connectivity index (χ3v) is 2.69. The van der Waals surface area contributed by atoms with E-state index in [0.717, 1.165) is 6.07 Å². The summed E-state index contributed by atoms with van der Waals surface area (Å²) in [6, 6.07) is 7.30. The Labute approximate surface area is 114 Å². The molecule has 0 fully saturated rings. The predicted molar refractivity (Wildman–Crippen MR) is 70.2 cm³/mol. The zero-order chi connectivity index (χ0) is 13.8. The molecule has 1 heterocycles. The monoisotopic (exact) mass is 280 g/mol. The van der Waals surface area contributed by atoms with E-state index in [1.807, 2.05) is 0 Å². The van der Waals surface area contributed by atoms with E-state index in [9.17, 15) is 9.18 Å². The van der Waals surface area contributed by atoms with Crippen LogP contribution in [0, 0.1) is 5.95 Å². The van der Waals surface area contributed by atoms with Crippen LogP contribution in [0.1, 0.15) is 10.4 Å². The molecule has 4 nitrogen and oxygen atoms in total. The van der Waals surface area contributed by atoms with Crippen LogP contribution in [0.2, 0.25) is 5.02 Å². The number of aromatic nitrogens is 1. The highest BCUT2D eigenvalue weighted by molar-refractivity contribution is 6.32. The van der Waals surface area contributed by atoms with Crippen LogP contribution in [-0.2, 0) is 0 Å². The van der Waals surface area contributed by atoms with E-state index in [1.165, 1.54) is 19.4 Å². The Morgan fingerprint density at radius 1 is 1.37 bits per heavy atom. The molecule has 0 spiro atoms. The Morgan fingerprint density at radius 2 is 2.16 bits per heavy atom. The fourth-order valence-electron chi connectivity index (χ4n) is 1.49. The maximum absolute atomic E-state index is 12.9. The molecule has 1 aromatic heterocycles. The summed E-state index contributed by atoms with van der Waals surface area (Å²) in [6.45, 7) is 0. The molecule has 1 N–H and O–H groups in total. The van der Waals surface area contributed by atoms with Gasteiger partial charge in [-0.2, -0.15) is 4.39 Å². The molecule has 98 valence electrons. The molecule has 0 radical (unpaired) electrons. The summed E-state index contributed by atoms with van der Waals surface area (Å²) in [5, 5.41) is 2.98. The van der Waals surface area contributed by atoms with Gasteiger partial charge in [0, 0.05) is 23.5 Å². The number of carbonyl (C=O) groups is 1. The number of anilines is 1. The van der Waals surface area contributed by atoms with E-state index < -0.39 is 11.9 Å². The normalized spacial score (nSPS) is 10.1. The average molecular weight is 281 g/mol. The largest absolute Gasteiger partial charge is 0.495 e. The number of nitrogens with zero attached hydrogens (tertiary/aromatic N) is 1. The smallest absolute Gasteiger partial charge is 0.255 e. The lowest BCUT2D eigenvalue weighted by Crippen LogP contribution is -2.12. The molecule has 1 aromatic carbocycles. The lowest BCUT2D eigenvalue weighted by Gasteiger charge is -2.08. The van der Waals surface area contributed by atoms with Crippen LogP contribution < -0.4 is 10.1 Å². The van der Waals surface area contributed by atoms with Crippen LogP contribution in [0.15, 0.2) is 36.5 Å². The molecule has 0 saturated carbocycles. The van der Waals surface area contributed by atoms with Gasteiger partial charge in [0.2, 0.25) is 5.95 Å². The van der Waals surface area contributed by atoms with Crippen LogP contribution in [0.5, 0.6) is 5.75 Å². The minimum absolute atomic E-state index is 0.180. The molecule has 0 unspecified atom stereocenters. The van der Waals surface area contributed by atoms with E-state index >= 15 is 0 Å². The number of nitrogens with one attached hydrogen (secondary N) is 1. The summed E-state index contributed by atoms with van der Waals surface area (Å²) in [7, 11) is 1.50. The van der Waals surface area contributed by atoms with Gasteiger partial charge in [0.25, 0.3) is 5.91 Å². The molecule has 2 aromatic rings. The van der Waals surface area contributed by atoms with Crippen LogP contribution in [0.25, 0.3) is 0 Å². The van der Waals surface area contributed by atoms with Crippen molar-refractivity contribution in [3.05, 3.63) is 53.1 Å². The number of amides is 1. The number of rotatable bonds is 3. The van der Waals surface area contributed by atoms with Crippen LogP contribution in [-0.4, -0.2) is 18.0 Å². The van der Waals surface area contributed by atoms with Crippen molar-refractivity contribution in [3.63, 3.8) is 0 Å². The quantitative estimate of drug-likeness (QED) is 0.879. The van der Waals surface area contributed by atoms with Crippen molar-refractivity contribution in [2.24, 2.45) is 0 Å². The van der Waals surface area contributed by atoms with E-state index in [1.54, 1.807) is 18.2 Å². The van der Waals surface area contributed by atoms with Crippen molar-refractivity contribution in [3.8, 4) is 5.75 Å². The van der Waals surface area contributed by atoms with E-state index in [-0.39, 0.29) is 5.56 Å². The molecule has 19 heavy (non-hydrogen) atoms. The first-order chi connectivity index (χ1) is 9.10. The predicted octanol–water partition coefficient (Wildman–Crippen LogP) is 3.14. The molecule has 0 aliphatic rings. The number of hydrogen-bond donors (Lipinski definition) is 1. The second-order valence-corrected chi connectivity index (χ2v) is 4.08. The highest BCUT2D eigenvalue weighted by Crippen LogP contribution is 2.27. The molecular weight excluding hydrogens is 271 g/mol. The number of hydrogen-bond acceptors (Lipinski definition) is 3. The zero-order valence-electron chi connectivity index (χ0n) is 9.98. The lowest BCUT2D eigenvalue weighted by molar-refractivity contribution is 0.102. The van der Waals surface area contributed by atoms with Gasteiger partial charge in [0.05, 0.1) is 12.1 Å². The highest BCUT2D eigenvalue weighted by atomic mass is 35.5. The van der Waals surface area contributed by atoms with Gasteiger partial charge in [-0.15, -0.1) is 0 Å². The standard InChI is InChI=1S/C13H10ClFN2O2/c1-19-11-3-2-9(7-10(11)14)17-13(18)8-4-5-16-12(15)6-8/h2-7H,1H3,(H,17,18). The number of halogens is 2. The summed E-state index contributed by atoms with van der Waals surface area (Å²) in [5.41, 5.74) is 0.674. The van der Waals surface area contributed by atoms with Gasteiger partial charge in [-0.1, -0.05) is 11.6 Å². The zero-order valence-corrected chi connectivity index (χ0v) is 10.7. The third kappa shape index (κ3) is 3.20. The van der Waals surface area contributed by atoms with Gasteiger partial charge in [-0.05, 0) is 24.3 Å². The Balaban J connectivity index is 2.17. The topological polar surface area (TPSA) is 51.2 Å². The Morgan fingerprint density at radius 3 is 2.79 bits per heavy atom. The van der Waals surface area contributed by atoms with Crippen LogP contribution in [0.3, 0.4) is 0 Å². The lowest BCUT2D eigenvalue weighted by atomic mass is 10.2. The summed E-state index contributed by atoms with van der Waals surface area (Å²) in [4.78, 5) is 15.2. The van der Waals surface area contributed by atoms with Gasteiger partial charge < -0.3 is 10.1 Å². The number of pyridine rings is 1. The second-order valence-electron chi connectivity index (χ2n) is 3.67. The number of benzene rings is 1. The maximum atomic E-state index is 12.9. The number of methoxy groups -OCH3 is 1. The summed E-state index contributed by atoms with van der Waals surface area (Å²) < 4.78 is 17.9. The van der Waals surface area contributed by atoms with Crippen molar-refractivity contribution in [1.29, 1.82) is 0 Å². The average Bonchev–Trinajstić information content (AvgIpc) is 2.39. The molecule has 2 rings (SSSR count). The molecule has 0 atom stereocenters. The van der Waals surface area contributed by atoms with Crippen molar-refractivity contribution in [2.45, 2.75) is 0 Å². The van der Waals surface area contributed by atoms with Gasteiger partial charge in [-0.25, -0.2) is 4.98 Å². The van der Waals surface area contributed by atoms with E-state index in [2.05, 4.69) is 10.3 Å². The molecule has 0 saturated heterocycles. The fourth-order valence-corrected chi connectivity index (χ4v) is 1.75. The molecule has 6 heteroatoms. The first kappa shape index (κ1) is 13.3. The summed E-state index contributed by atoms with van der Waals surface area (Å²) in [6.07, 6.45) is 1.23. The first-order valence-corrected chi connectivity index (χ1v) is 5.74. The van der Waals surface area contributed by atoms with Gasteiger partial charge in [-0.3, -0.25) is 4.79 Å². The van der Waals surface area contributed by atoms with Gasteiger partial charge in [0.15, 0.2) is 0 Å². The van der Waals surface area contributed by atoms with Crippen molar-refractivity contribution in [2.75, 3.05) is 12.4 Å². The third-order valence-electron chi connectivity index (χ3n) is 2.40. The van der Waals surface area contributed by atoms with E-state index in [4.69, 9.17) is 16.3 Å². The van der Waals surface area contributed by atoms with Crippen molar-refractivity contribution < 1.29 is 13.9 Å². The Bertz CT molecular complexity index is 619. The molecule has 1 amide bonds. The fraction of sp³-hybridized carbons (Fsp3) is 0.0769. The van der Waals surface area contributed by atoms with Crippen LogP contribution >= 0.6 is 11.6 Å². The highest BCUT2D eigenvalue weighted by Gasteiger charge is 2.09. The minimum atomic E-state index is -0.708. The van der Waals surface area contributed by atoms with Crippen molar-refractivity contribution >= 4 is 23.2 Å².